The Morgan fingerprint density at radius 3 is 2.36 bits per heavy atom. The van der Waals surface area contributed by atoms with Gasteiger partial charge in [-0.3, -0.25) is 15.8 Å². The minimum absolute atomic E-state index is 0.0642. The summed E-state index contributed by atoms with van der Waals surface area (Å²) in [5, 5.41) is 42.6. The second-order valence-corrected chi connectivity index (χ2v) is 8.38. The number of hydrogen-bond acceptors (Lipinski definition) is 12. The molecule has 1 aromatic carbocycles. The molecule has 4 rings (SSSR count). The molecular formula is C27H28N6O6. The van der Waals surface area contributed by atoms with Crippen LogP contribution in [0.5, 0.6) is 23.1 Å². The highest BCUT2D eigenvalue weighted by atomic mass is 16.5. The van der Waals surface area contributed by atoms with Gasteiger partial charge < -0.3 is 28.9 Å². The van der Waals surface area contributed by atoms with Gasteiger partial charge in [-0.05, 0) is 37.1 Å². The van der Waals surface area contributed by atoms with E-state index in [1.54, 1.807) is 42.6 Å². The van der Waals surface area contributed by atoms with E-state index in [1.807, 2.05) is 6.92 Å². The smallest absolute Gasteiger partial charge is 0.236 e. The highest BCUT2D eigenvalue weighted by Crippen LogP contribution is 2.47. The Morgan fingerprint density at radius 1 is 0.974 bits per heavy atom. The summed E-state index contributed by atoms with van der Waals surface area (Å²) in [6.45, 7) is 2.01. The van der Waals surface area contributed by atoms with E-state index >= 15 is 0 Å². The number of nitrogens with zero attached hydrogens (tertiary/aromatic N) is 4. The van der Waals surface area contributed by atoms with Crippen LogP contribution in [0.3, 0.4) is 0 Å². The number of aromatic hydroxyl groups is 2. The Labute approximate surface area is 224 Å². The fourth-order valence-corrected chi connectivity index (χ4v) is 3.98. The Kier molecular flexibility index (Phi) is 8.34. The first-order valence-electron chi connectivity index (χ1n) is 12.1. The molecule has 39 heavy (non-hydrogen) atoms. The second-order valence-electron chi connectivity index (χ2n) is 8.38. The van der Waals surface area contributed by atoms with Crippen LogP contribution in [-0.4, -0.2) is 56.3 Å². The Balaban J connectivity index is 1.66. The van der Waals surface area contributed by atoms with E-state index in [0.717, 1.165) is 12.8 Å². The van der Waals surface area contributed by atoms with Gasteiger partial charge in [0.15, 0.2) is 5.90 Å². The zero-order chi connectivity index (χ0) is 27.9. The van der Waals surface area contributed by atoms with Crippen LogP contribution in [-0.2, 0) is 17.6 Å². The molecule has 0 saturated heterocycles. The van der Waals surface area contributed by atoms with Gasteiger partial charge >= 0.3 is 0 Å². The van der Waals surface area contributed by atoms with E-state index in [4.69, 9.17) is 29.6 Å². The quantitative estimate of drug-likeness (QED) is 0.167. The molecule has 0 aliphatic carbocycles. The third kappa shape index (κ3) is 5.79. The summed E-state index contributed by atoms with van der Waals surface area (Å²) in [4.78, 5) is 12.6. The van der Waals surface area contributed by atoms with Crippen LogP contribution in [0, 0.1) is 10.8 Å². The standard InChI is InChI=1S/C27H28N6O6/c1-4-5-9-15-21(22-17(36-2)11-8-12-18(22)37-3)24(34)23(27(35)31-15)25(29)38-19(28)14-20-32-26(33-39-20)16-10-6-7-13-30-16/h6-8,10-13,28-29H,4-5,9,14H2,1-3H3,(H2,31,34,35). The number of methoxy groups -OCH3 is 2. The zero-order valence-electron chi connectivity index (χ0n) is 21.7. The average Bonchev–Trinajstić information content (AvgIpc) is 3.40. The van der Waals surface area contributed by atoms with E-state index in [-0.39, 0.29) is 29.3 Å². The summed E-state index contributed by atoms with van der Waals surface area (Å²) in [6.07, 6.45) is 3.38. The van der Waals surface area contributed by atoms with Gasteiger partial charge in [0, 0.05) is 6.20 Å². The molecule has 0 saturated carbocycles. The van der Waals surface area contributed by atoms with E-state index in [0.29, 0.717) is 34.9 Å². The number of unbranched alkanes of at least 4 members (excludes halogenated alkanes) is 1. The molecule has 4 aromatic rings. The lowest BCUT2D eigenvalue weighted by Gasteiger charge is -2.19. The van der Waals surface area contributed by atoms with Crippen molar-refractivity contribution in [3.05, 3.63) is 59.7 Å². The van der Waals surface area contributed by atoms with Gasteiger partial charge in [-0.15, -0.1) is 0 Å². The van der Waals surface area contributed by atoms with Crippen molar-refractivity contribution < 1.29 is 28.9 Å². The van der Waals surface area contributed by atoms with E-state index in [2.05, 4.69) is 20.1 Å². The van der Waals surface area contributed by atoms with Gasteiger partial charge in [0.25, 0.3) is 0 Å². The monoisotopic (exact) mass is 532 g/mol. The fraction of sp³-hybridized carbons (Fsp3) is 0.259. The minimum atomic E-state index is -0.691. The molecule has 202 valence electrons. The molecule has 12 nitrogen and oxygen atoms in total. The van der Waals surface area contributed by atoms with E-state index in [9.17, 15) is 10.2 Å². The normalized spacial score (nSPS) is 10.7. The van der Waals surface area contributed by atoms with Gasteiger partial charge in [0.1, 0.15) is 34.9 Å². The van der Waals surface area contributed by atoms with Crippen LogP contribution in [0.15, 0.2) is 47.1 Å². The maximum Gasteiger partial charge on any atom is 0.236 e. The van der Waals surface area contributed by atoms with Crippen molar-refractivity contribution in [2.24, 2.45) is 0 Å². The zero-order valence-corrected chi connectivity index (χ0v) is 21.7. The number of ether oxygens (including phenoxy) is 3. The molecule has 4 N–H and O–H groups in total. The lowest BCUT2D eigenvalue weighted by molar-refractivity contribution is 0.381. The summed E-state index contributed by atoms with van der Waals surface area (Å²) in [6, 6.07) is 10.4. The van der Waals surface area contributed by atoms with Crippen LogP contribution in [0.4, 0.5) is 0 Å². The Hall–Kier alpha value is -5.00. The summed E-state index contributed by atoms with van der Waals surface area (Å²) in [5.41, 5.74) is 1.16. The molecule has 0 unspecified atom stereocenters. The first-order chi connectivity index (χ1) is 18.9. The minimum Gasteiger partial charge on any atom is -0.506 e. The van der Waals surface area contributed by atoms with Crippen molar-refractivity contribution >= 4 is 11.8 Å². The topological polar surface area (TPSA) is 181 Å². The largest absolute Gasteiger partial charge is 0.506 e. The molecule has 0 fully saturated rings. The van der Waals surface area contributed by atoms with Crippen LogP contribution in [0.1, 0.15) is 36.9 Å². The van der Waals surface area contributed by atoms with E-state index in [1.165, 1.54) is 14.2 Å². The predicted octanol–water partition coefficient (Wildman–Crippen LogP) is 4.53. The van der Waals surface area contributed by atoms with Crippen molar-refractivity contribution in [3.63, 3.8) is 0 Å². The molecule has 3 aromatic heterocycles. The number of nitrogens with one attached hydrogen (secondary N) is 2. The first-order valence-corrected chi connectivity index (χ1v) is 12.1. The number of hydrogen-bond donors (Lipinski definition) is 4. The fourth-order valence-electron chi connectivity index (χ4n) is 3.98. The molecule has 0 radical (unpaired) electrons. The molecule has 0 aliphatic rings. The summed E-state index contributed by atoms with van der Waals surface area (Å²) >= 11 is 0. The van der Waals surface area contributed by atoms with Crippen LogP contribution >= 0.6 is 0 Å². The lowest BCUT2D eigenvalue weighted by Crippen LogP contribution is -2.16. The number of rotatable bonds is 10. The Morgan fingerprint density at radius 2 is 1.72 bits per heavy atom. The molecule has 0 atom stereocenters. The second kappa shape index (κ2) is 12.0. The summed E-state index contributed by atoms with van der Waals surface area (Å²) in [7, 11) is 2.97. The van der Waals surface area contributed by atoms with Crippen molar-refractivity contribution in [3.8, 4) is 45.8 Å². The number of benzene rings is 1. The van der Waals surface area contributed by atoms with Crippen molar-refractivity contribution in [1.82, 2.24) is 20.1 Å². The van der Waals surface area contributed by atoms with Gasteiger partial charge in [0.2, 0.25) is 23.5 Å². The third-order valence-electron chi connectivity index (χ3n) is 5.80. The lowest BCUT2D eigenvalue weighted by atomic mass is 9.95. The highest BCUT2D eigenvalue weighted by molar-refractivity contribution is 6.05. The van der Waals surface area contributed by atoms with Gasteiger partial charge in [-0.2, -0.15) is 4.98 Å². The molecule has 3 heterocycles. The maximum absolute atomic E-state index is 11.4. The molecular weight excluding hydrogens is 504 g/mol. The van der Waals surface area contributed by atoms with Gasteiger partial charge in [0.05, 0.1) is 31.0 Å². The SMILES string of the molecule is CCCCc1nc(O)c(C(=N)OC(=N)Cc2nc(-c3ccccn3)no2)c(O)c1-c1c(OC)cccc1OC. The maximum atomic E-state index is 11.4. The van der Waals surface area contributed by atoms with Gasteiger partial charge in [-0.25, -0.2) is 4.98 Å². The Bertz CT molecular complexity index is 1470. The molecule has 0 aliphatic heterocycles. The molecule has 0 spiro atoms. The number of aryl methyl sites for hydroxylation is 1. The van der Waals surface area contributed by atoms with Crippen LogP contribution < -0.4 is 9.47 Å². The third-order valence-corrected chi connectivity index (χ3v) is 5.80. The van der Waals surface area contributed by atoms with Crippen LogP contribution in [0.25, 0.3) is 22.6 Å². The molecule has 0 amide bonds. The molecule has 0 bridgehead atoms. The van der Waals surface area contributed by atoms with Crippen molar-refractivity contribution in [2.75, 3.05) is 14.2 Å². The number of pyridine rings is 2. The summed E-state index contributed by atoms with van der Waals surface area (Å²) in [5.74, 6) is -1.07. The average molecular weight is 533 g/mol. The van der Waals surface area contributed by atoms with E-state index < -0.39 is 23.4 Å². The van der Waals surface area contributed by atoms with Crippen LogP contribution in [0.2, 0.25) is 0 Å². The predicted molar refractivity (Wildman–Crippen MR) is 142 cm³/mol. The van der Waals surface area contributed by atoms with Crippen molar-refractivity contribution in [2.45, 2.75) is 32.6 Å². The van der Waals surface area contributed by atoms with Gasteiger partial charge in [-0.1, -0.05) is 30.6 Å². The highest BCUT2D eigenvalue weighted by Gasteiger charge is 2.28. The number of aromatic nitrogens is 4. The van der Waals surface area contributed by atoms with Crippen molar-refractivity contribution in [1.29, 1.82) is 10.8 Å². The molecule has 12 heteroatoms. The summed E-state index contributed by atoms with van der Waals surface area (Å²) < 4.78 is 21.6. The first kappa shape index (κ1) is 27.0.